The highest BCUT2D eigenvalue weighted by Gasteiger charge is 2.28. The first-order chi connectivity index (χ1) is 9.08. The summed E-state index contributed by atoms with van der Waals surface area (Å²) in [4.78, 5) is 2.30. The van der Waals surface area contributed by atoms with Gasteiger partial charge in [0.05, 0.1) is 17.9 Å². The minimum absolute atomic E-state index is 0.0473. The number of nitrogens with zero attached hydrogens (tertiary/aromatic N) is 1. The number of aliphatic hydroxyl groups is 1. The Morgan fingerprint density at radius 1 is 1.47 bits per heavy atom. The lowest BCUT2D eigenvalue weighted by Gasteiger charge is -2.23. The summed E-state index contributed by atoms with van der Waals surface area (Å²) < 4.78 is 0. The zero-order valence-electron chi connectivity index (χ0n) is 11.4. The number of hydrogen-bond donors (Lipinski definition) is 3. The quantitative estimate of drug-likeness (QED) is 0.554. The van der Waals surface area contributed by atoms with E-state index in [0.717, 1.165) is 31.6 Å². The molecule has 4 heteroatoms. The molecule has 0 radical (unpaired) electrons. The van der Waals surface area contributed by atoms with Gasteiger partial charge in [-0.2, -0.15) is 0 Å². The number of rotatable bonds is 5. The Bertz CT molecular complexity index is 419. The topological polar surface area (TPSA) is 73.3 Å². The maximum atomic E-state index is 9.64. The average molecular weight is 261 g/mol. The molecule has 0 spiro atoms. The van der Waals surface area contributed by atoms with Gasteiger partial charge in [-0.05, 0) is 31.4 Å². The van der Waals surface area contributed by atoms with Crippen molar-refractivity contribution in [2.75, 3.05) is 19.6 Å². The molecule has 2 rings (SSSR count). The molecule has 3 unspecified atom stereocenters. The smallest absolute Gasteiger partial charge is 0.0995 e. The van der Waals surface area contributed by atoms with Gasteiger partial charge in [0.15, 0.2) is 0 Å². The van der Waals surface area contributed by atoms with Gasteiger partial charge < -0.3 is 15.7 Å². The summed E-state index contributed by atoms with van der Waals surface area (Å²) in [6.45, 7) is 4.50. The number of aliphatic hydroxyl groups excluding tert-OH is 1. The van der Waals surface area contributed by atoms with E-state index in [1.54, 1.807) is 0 Å². The van der Waals surface area contributed by atoms with E-state index in [-0.39, 0.29) is 17.9 Å². The van der Waals surface area contributed by atoms with Gasteiger partial charge in [0.1, 0.15) is 0 Å². The Morgan fingerprint density at radius 2 is 2.16 bits per heavy atom. The van der Waals surface area contributed by atoms with Gasteiger partial charge in [-0.15, -0.1) is 0 Å². The SMILES string of the molecule is CC(O)C1CCN(CC(C(=N)N)c2ccccc2)C1. The third kappa shape index (κ3) is 3.55. The molecule has 19 heavy (non-hydrogen) atoms. The molecular weight excluding hydrogens is 238 g/mol. The normalized spacial score (nSPS) is 23.2. The van der Waals surface area contributed by atoms with Gasteiger partial charge in [0, 0.05) is 13.1 Å². The molecule has 0 bridgehead atoms. The van der Waals surface area contributed by atoms with Crippen molar-refractivity contribution in [3.05, 3.63) is 35.9 Å². The van der Waals surface area contributed by atoms with Crippen LogP contribution in [0.5, 0.6) is 0 Å². The molecule has 3 atom stereocenters. The Morgan fingerprint density at radius 3 is 2.68 bits per heavy atom. The number of benzene rings is 1. The van der Waals surface area contributed by atoms with Crippen LogP contribution in [0.3, 0.4) is 0 Å². The number of nitrogens with one attached hydrogen (secondary N) is 1. The first-order valence-electron chi connectivity index (χ1n) is 6.87. The van der Waals surface area contributed by atoms with Crippen molar-refractivity contribution < 1.29 is 5.11 Å². The lowest BCUT2D eigenvalue weighted by Crippen LogP contribution is -2.34. The van der Waals surface area contributed by atoms with Crippen LogP contribution in [-0.2, 0) is 0 Å². The maximum Gasteiger partial charge on any atom is 0.0995 e. The van der Waals surface area contributed by atoms with Crippen molar-refractivity contribution in [1.82, 2.24) is 4.90 Å². The molecular formula is C15H23N3O. The van der Waals surface area contributed by atoms with E-state index >= 15 is 0 Å². The molecule has 4 nitrogen and oxygen atoms in total. The third-order valence-corrected chi connectivity index (χ3v) is 4.01. The predicted molar refractivity (Wildman–Crippen MR) is 77.3 cm³/mol. The summed E-state index contributed by atoms with van der Waals surface area (Å²) in [7, 11) is 0. The lowest BCUT2D eigenvalue weighted by atomic mass is 9.97. The van der Waals surface area contributed by atoms with Gasteiger partial charge in [0.2, 0.25) is 0 Å². The minimum atomic E-state index is -0.252. The third-order valence-electron chi connectivity index (χ3n) is 4.01. The average Bonchev–Trinajstić information content (AvgIpc) is 2.85. The molecule has 1 aliphatic heterocycles. The monoisotopic (exact) mass is 261 g/mol. The molecule has 0 aromatic heterocycles. The molecule has 1 saturated heterocycles. The van der Waals surface area contributed by atoms with Crippen molar-refractivity contribution >= 4 is 5.84 Å². The van der Waals surface area contributed by atoms with E-state index in [2.05, 4.69) is 4.90 Å². The first-order valence-corrected chi connectivity index (χ1v) is 6.87. The largest absolute Gasteiger partial charge is 0.393 e. The predicted octanol–water partition coefficient (Wildman–Crippen LogP) is 1.41. The Kier molecular flexibility index (Phi) is 4.56. The first kappa shape index (κ1) is 14.0. The van der Waals surface area contributed by atoms with Crippen molar-refractivity contribution in [3.8, 4) is 0 Å². The van der Waals surface area contributed by atoms with E-state index in [1.165, 1.54) is 0 Å². The standard InChI is InChI=1S/C15H23N3O/c1-11(19)13-7-8-18(9-13)10-14(15(16)17)12-5-3-2-4-6-12/h2-6,11,13-14,19H,7-10H2,1H3,(H3,16,17). The Balaban J connectivity index is 2.01. The molecule has 1 aromatic rings. The van der Waals surface area contributed by atoms with Crippen molar-refractivity contribution in [1.29, 1.82) is 5.41 Å². The molecule has 0 saturated carbocycles. The minimum Gasteiger partial charge on any atom is -0.393 e. The van der Waals surface area contributed by atoms with Crippen LogP contribution in [0.4, 0.5) is 0 Å². The van der Waals surface area contributed by atoms with Crippen LogP contribution in [0.1, 0.15) is 24.8 Å². The van der Waals surface area contributed by atoms with E-state index in [1.807, 2.05) is 37.3 Å². The molecule has 1 aliphatic rings. The highest BCUT2D eigenvalue weighted by Crippen LogP contribution is 2.24. The van der Waals surface area contributed by atoms with Crippen LogP contribution in [0, 0.1) is 11.3 Å². The van der Waals surface area contributed by atoms with Gasteiger partial charge >= 0.3 is 0 Å². The molecule has 0 amide bonds. The zero-order valence-corrected chi connectivity index (χ0v) is 11.4. The number of likely N-dealkylation sites (tertiary alicyclic amines) is 1. The summed E-state index contributed by atoms with van der Waals surface area (Å²) in [6, 6.07) is 9.98. The van der Waals surface area contributed by atoms with Gasteiger partial charge in [0.25, 0.3) is 0 Å². The van der Waals surface area contributed by atoms with Crippen LogP contribution in [0.2, 0.25) is 0 Å². The van der Waals surface area contributed by atoms with E-state index in [0.29, 0.717) is 5.92 Å². The van der Waals surface area contributed by atoms with E-state index in [9.17, 15) is 5.11 Å². The molecule has 1 heterocycles. The molecule has 1 fully saturated rings. The van der Waals surface area contributed by atoms with E-state index in [4.69, 9.17) is 11.1 Å². The molecule has 1 aromatic carbocycles. The van der Waals surface area contributed by atoms with Crippen molar-refractivity contribution in [2.24, 2.45) is 11.7 Å². The van der Waals surface area contributed by atoms with Gasteiger partial charge in [-0.25, -0.2) is 0 Å². The molecule has 4 N–H and O–H groups in total. The van der Waals surface area contributed by atoms with E-state index < -0.39 is 0 Å². The second-order valence-electron chi connectivity index (χ2n) is 5.47. The Hall–Kier alpha value is -1.39. The highest BCUT2D eigenvalue weighted by atomic mass is 16.3. The van der Waals surface area contributed by atoms with Crippen molar-refractivity contribution in [3.63, 3.8) is 0 Å². The number of amidine groups is 1. The van der Waals surface area contributed by atoms with Crippen LogP contribution in [0.15, 0.2) is 30.3 Å². The fourth-order valence-corrected chi connectivity index (χ4v) is 2.75. The summed E-state index contributed by atoms with van der Waals surface area (Å²) in [5, 5.41) is 17.4. The lowest BCUT2D eigenvalue weighted by molar-refractivity contribution is 0.127. The fraction of sp³-hybridized carbons (Fsp3) is 0.533. The summed E-state index contributed by atoms with van der Waals surface area (Å²) in [5.41, 5.74) is 6.84. The Labute approximate surface area is 114 Å². The second kappa shape index (κ2) is 6.17. The maximum absolute atomic E-state index is 9.64. The van der Waals surface area contributed by atoms with Gasteiger partial charge in [-0.3, -0.25) is 5.41 Å². The van der Waals surface area contributed by atoms with Crippen LogP contribution < -0.4 is 5.73 Å². The zero-order chi connectivity index (χ0) is 13.8. The molecule has 104 valence electrons. The van der Waals surface area contributed by atoms with Crippen LogP contribution in [0.25, 0.3) is 0 Å². The summed E-state index contributed by atoms with van der Waals surface area (Å²) >= 11 is 0. The van der Waals surface area contributed by atoms with Crippen LogP contribution >= 0.6 is 0 Å². The number of hydrogen-bond acceptors (Lipinski definition) is 3. The highest BCUT2D eigenvalue weighted by molar-refractivity contribution is 5.84. The summed E-state index contributed by atoms with van der Waals surface area (Å²) in [6.07, 6.45) is 0.773. The number of nitrogens with two attached hydrogens (primary N) is 1. The van der Waals surface area contributed by atoms with Crippen molar-refractivity contribution in [2.45, 2.75) is 25.4 Å². The van der Waals surface area contributed by atoms with Crippen LogP contribution in [-0.4, -0.2) is 41.6 Å². The second-order valence-corrected chi connectivity index (χ2v) is 5.47. The fourth-order valence-electron chi connectivity index (χ4n) is 2.75. The summed E-state index contributed by atoms with van der Waals surface area (Å²) in [5.74, 6) is 0.518. The molecule has 0 aliphatic carbocycles. The van der Waals surface area contributed by atoms with Gasteiger partial charge in [-0.1, -0.05) is 30.3 Å².